The van der Waals surface area contributed by atoms with Crippen LogP contribution in [0.25, 0.3) is 0 Å². The quantitative estimate of drug-likeness (QED) is 0.767. The molecule has 0 aromatic heterocycles. The number of likely N-dealkylation sites (N-methyl/N-ethyl adjacent to an activating group) is 1. The maximum atomic E-state index is 12.6. The first-order chi connectivity index (χ1) is 8.62. The Morgan fingerprint density at radius 1 is 1.28 bits per heavy atom. The highest BCUT2D eigenvalue weighted by atomic mass is 16.2. The number of hydrogen-bond acceptors (Lipinski definition) is 2. The van der Waals surface area contributed by atoms with Crippen LogP contribution in [0.5, 0.6) is 0 Å². The van der Waals surface area contributed by atoms with E-state index in [4.69, 9.17) is 0 Å². The minimum atomic E-state index is 0.0894. The van der Waals surface area contributed by atoms with Gasteiger partial charge < -0.3 is 4.90 Å². The largest absolute Gasteiger partial charge is 0.341 e. The highest BCUT2D eigenvalue weighted by Crippen LogP contribution is 2.45. The molecule has 3 nitrogen and oxygen atoms in total. The highest BCUT2D eigenvalue weighted by molar-refractivity contribution is 5.82. The van der Waals surface area contributed by atoms with Crippen molar-refractivity contribution in [2.45, 2.75) is 58.4 Å². The van der Waals surface area contributed by atoms with Crippen molar-refractivity contribution in [2.75, 3.05) is 26.7 Å². The van der Waals surface area contributed by atoms with E-state index in [-0.39, 0.29) is 6.04 Å². The second-order valence-corrected chi connectivity index (χ2v) is 6.21. The number of hydrogen-bond donors (Lipinski definition) is 0. The SMILES string of the molecule is CCC(C(=O)N1CCC2(CCCC2)C1)N(C)CC. The van der Waals surface area contributed by atoms with E-state index in [0.29, 0.717) is 11.3 Å². The number of carbonyl (C=O) groups excluding carboxylic acids is 1. The molecule has 1 saturated carbocycles. The van der Waals surface area contributed by atoms with Crippen molar-refractivity contribution in [3.05, 3.63) is 0 Å². The van der Waals surface area contributed by atoms with Crippen LogP contribution in [0, 0.1) is 5.41 Å². The first kappa shape index (κ1) is 13.9. The summed E-state index contributed by atoms with van der Waals surface area (Å²) in [4.78, 5) is 16.9. The Morgan fingerprint density at radius 3 is 2.50 bits per heavy atom. The monoisotopic (exact) mass is 252 g/mol. The fourth-order valence-electron chi connectivity index (χ4n) is 3.76. The molecule has 3 heteroatoms. The van der Waals surface area contributed by atoms with Crippen LogP contribution >= 0.6 is 0 Å². The molecule has 0 aromatic rings. The lowest BCUT2D eigenvalue weighted by Crippen LogP contribution is -2.46. The summed E-state index contributed by atoms with van der Waals surface area (Å²) in [5, 5.41) is 0. The number of rotatable bonds is 4. The van der Waals surface area contributed by atoms with E-state index < -0.39 is 0 Å². The molecule has 0 aromatic carbocycles. The van der Waals surface area contributed by atoms with Crippen LogP contribution in [0.2, 0.25) is 0 Å². The van der Waals surface area contributed by atoms with Crippen molar-refractivity contribution >= 4 is 5.91 Å². The molecule has 2 rings (SSSR count). The van der Waals surface area contributed by atoms with Crippen molar-refractivity contribution in [3.63, 3.8) is 0 Å². The standard InChI is InChI=1S/C15H28N2O/c1-4-13(16(3)5-2)14(18)17-11-10-15(12-17)8-6-7-9-15/h13H,4-12H2,1-3H3. The second-order valence-electron chi connectivity index (χ2n) is 6.21. The summed E-state index contributed by atoms with van der Waals surface area (Å²) in [5.74, 6) is 0.366. The third kappa shape index (κ3) is 2.56. The van der Waals surface area contributed by atoms with Crippen molar-refractivity contribution in [1.82, 2.24) is 9.80 Å². The molecule has 1 heterocycles. The fraction of sp³-hybridized carbons (Fsp3) is 0.933. The Labute approximate surface area is 112 Å². The molecule has 1 amide bonds. The van der Waals surface area contributed by atoms with Gasteiger partial charge in [0.05, 0.1) is 6.04 Å². The molecular formula is C15H28N2O. The van der Waals surface area contributed by atoms with Crippen molar-refractivity contribution < 1.29 is 4.79 Å². The van der Waals surface area contributed by atoms with Crippen LogP contribution in [0.1, 0.15) is 52.4 Å². The van der Waals surface area contributed by atoms with E-state index in [1.54, 1.807) is 0 Å². The van der Waals surface area contributed by atoms with Crippen molar-refractivity contribution in [1.29, 1.82) is 0 Å². The van der Waals surface area contributed by atoms with Gasteiger partial charge in [0, 0.05) is 13.1 Å². The van der Waals surface area contributed by atoms with Crippen LogP contribution in [0.15, 0.2) is 0 Å². The smallest absolute Gasteiger partial charge is 0.239 e. The molecule has 1 unspecified atom stereocenters. The fourth-order valence-corrected chi connectivity index (χ4v) is 3.76. The van der Waals surface area contributed by atoms with Gasteiger partial charge in [0.25, 0.3) is 0 Å². The Kier molecular flexibility index (Phi) is 4.31. The first-order valence-corrected chi connectivity index (χ1v) is 7.61. The third-order valence-electron chi connectivity index (χ3n) is 5.12. The lowest BCUT2D eigenvalue weighted by molar-refractivity contribution is -0.136. The summed E-state index contributed by atoms with van der Waals surface area (Å²) in [5.41, 5.74) is 0.499. The summed E-state index contributed by atoms with van der Waals surface area (Å²) in [6.45, 7) is 7.21. The van der Waals surface area contributed by atoms with Crippen LogP contribution in [0.4, 0.5) is 0 Å². The normalized spacial score (nSPS) is 24.1. The molecule has 1 spiro atoms. The summed E-state index contributed by atoms with van der Waals surface area (Å²) in [6, 6.07) is 0.0894. The van der Waals surface area contributed by atoms with Crippen molar-refractivity contribution in [3.8, 4) is 0 Å². The molecule has 2 aliphatic rings. The maximum Gasteiger partial charge on any atom is 0.239 e. The van der Waals surface area contributed by atoms with E-state index in [1.165, 1.54) is 32.1 Å². The predicted octanol–water partition coefficient (Wildman–Crippen LogP) is 2.51. The lowest BCUT2D eigenvalue weighted by atomic mass is 9.86. The van der Waals surface area contributed by atoms with Crippen molar-refractivity contribution in [2.24, 2.45) is 5.41 Å². The van der Waals surface area contributed by atoms with Gasteiger partial charge in [-0.25, -0.2) is 0 Å². The minimum absolute atomic E-state index is 0.0894. The summed E-state index contributed by atoms with van der Waals surface area (Å²) >= 11 is 0. The molecule has 2 fully saturated rings. The van der Waals surface area contributed by atoms with E-state index in [2.05, 4.69) is 30.7 Å². The Balaban J connectivity index is 1.97. The number of likely N-dealkylation sites (tertiary alicyclic amines) is 1. The maximum absolute atomic E-state index is 12.6. The van der Waals surface area contributed by atoms with Crippen LogP contribution in [0.3, 0.4) is 0 Å². The van der Waals surface area contributed by atoms with Gasteiger partial charge >= 0.3 is 0 Å². The topological polar surface area (TPSA) is 23.6 Å². The zero-order chi connectivity index (χ0) is 13.2. The lowest BCUT2D eigenvalue weighted by Gasteiger charge is -2.30. The van der Waals surface area contributed by atoms with Gasteiger partial charge in [0.15, 0.2) is 0 Å². The van der Waals surface area contributed by atoms with Gasteiger partial charge in [-0.2, -0.15) is 0 Å². The molecule has 18 heavy (non-hydrogen) atoms. The number of nitrogens with zero attached hydrogens (tertiary/aromatic N) is 2. The van der Waals surface area contributed by atoms with E-state index in [9.17, 15) is 4.79 Å². The third-order valence-corrected chi connectivity index (χ3v) is 5.12. The van der Waals surface area contributed by atoms with Gasteiger partial charge in [-0.15, -0.1) is 0 Å². The van der Waals surface area contributed by atoms with E-state index >= 15 is 0 Å². The van der Waals surface area contributed by atoms with E-state index in [0.717, 1.165) is 26.1 Å². The van der Waals surface area contributed by atoms with Gasteiger partial charge in [-0.3, -0.25) is 9.69 Å². The molecule has 1 saturated heterocycles. The first-order valence-electron chi connectivity index (χ1n) is 7.61. The van der Waals surface area contributed by atoms with Gasteiger partial charge in [0.1, 0.15) is 0 Å². The molecular weight excluding hydrogens is 224 g/mol. The molecule has 1 aliphatic heterocycles. The average molecular weight is 252 g/mol. The van der Waals surface area contributed by atoms with Gasteiger partial charge in [0.2, 0.25) is 5.91 Å². The molecule has 104 valence electrons. The summed E-state index contributed by atoms with van der Waals surface area (Å²) in [6.07, 6.45) is 7.59. The Hall–Kier alpha value is -0.570. The van der Waals surface area contributed by atoms with Gasteiger partial charge in [-0.1, -0.05) is 26.7 Å². The Morgan fingerprint density at radius 2 is 1.94 bits per heavy atom. The minimum Gasteiger partial charge on any atom is -0.341 e. The highest BCUT2D eigenvalue weighted by Gasteiger charge is 2.42. The average Bonchev–Trinajstić information content (AvgIpc) is 3.01. The zero-order valence-electron chi connectivity index (χ0n) is 12.2. The predicted molar refractivity (Wildman–Crippen MR) is 74.5 cm³/mol. The molecule has 0 bridgehead atoms. The van der Waals surface area contributed by atoms with Crippen LogP contribution in [-0.4, -0.2) is 48.4 Å². The zero-order valence-corrected chi connectivity index (χ0v) is 12.2. The van der Waals surface area contributed by atoms with Crippen LogP contribution in [-0.2, 0) is 4.79 Å². The number of carbonyl (C=O) groups is 1. The second kappa shape index (κ2) is 5.60. The van der Waals surface area contributed by atoms with Crippen LogP contribution < -0.4 is 0 Å². The molecule has 1 aliphatic carbocycles. The molecule has 1 atom stereocenters. The Bertz CT molecular complexity index is 297. The molecule has 0 radical (unpaired) electrons. The van der Waals surface area contributed by atoms with Gasteiger partial charge in [-0.05, 0) is 44.7 Å². The summed E-state index contributed by atoms with van der Waals surface area (Å²) in [7, 11) is 2.06. The van der Waals surface area contributed by atoms with E-state index in [1.807, 2.05) is 0 Å². The molecule has 0 N–H and O–H groups in total. The summed E-state index contributed by atoms with van der Waals surface area (Å²) < 4.78 is 0. The number of amides is 1.